The van der Waals surface area contributed by atoms with E-state index in [0.29, 0.717) is 37.8 Å². The smallest absolute Gasteiger partial charge is 0.240 e. The zero-order valence-corrected chi connectivity index (χ0v) is 15.7. The minimum absolute atomic E-state index is 0.0643. The summed E-state index contributed by atoms with van der Waals surface area (Å²) >= 11 is 0. The summed E-state index contributed by atoms with van der Waals surface area (Å²) in [5.41, 5.74) is 2.03. The van der Waals surface area contributed by atoms with Crippen molar-refractivity contribution in [3.8, 4) is 11.5 Å². The normalized spacial score (nSPS) is 19.3. The fourth-order valence-electron chi connectivity index (χ4n) is 3.00. The van der Waals surface area contributed by atoms with Gasteiger partial charge in [0, 0.05) is 13.1 Å². The van der Waals surface area contributed by atoms with E-state index < -0.39 is 0 Å². The summed E-state index contributed by atoms with van der Waals surface area (Å²) in [6.07, 6.45) is -0.137. The van der Waals surface area contributed by atoms with Crippen LogP contribution in [0.15, 0.2) is 48.5 Å². The van der Waals surface area contributed by atoms with E-state index in [1.165, 1.54) is 0 Å². The van der Waals surface area contributed by atoms with Gasteiger partial charge < -0.3 is 24.8 Å². The molecule has 1 aliphatic heterocycles. The quantitative estimate of drug-likeness (QED) is 0.783. The summed E-state index contributed by atoms with van der Waals surface area (Å²) < 4.78 is 16.8. The summed E-state index contributed by atoms with van der Waals surface area (Å²) in [5.74, 6) is 1.25. The molecule has 0 aliphatic carbocycles. The molecule has 6 nitrogen and oxygen atoms in total. The maximum Gasteiger partial charge on any atom is 0.240 e. The number of hydrogen-bond donors (Lipinski definition) is 2. The average molecular weight is 370 g/mol. The second-order valence-corrected chi connectivity index (χ2v) is 6.48. The maximum absolute atomic E-state index is 12.4. The maximum atomic E-state index is 12.4. The molecule has 2 aromatic carbocycles. The van der Waals surface area contributed by atoms with Gasteiger partial charge in [-0.1, -0.05) is 36.4 Å². The first-order valence-corrected chi connectivity index (χ1v) is 9.13. The van der Waals surface area contributed by atoms with Crippen molar-refractivity contribution >= 4 is 5.91 Å². The summed E-state index contributed by atoms with van der Waals surface area (Å²) in [7, 11) is 1.61. The highest BCUT2D eigenvalue weighted by Gasteiger charge is 2.27. The molecule has 2 atom stereocenters. The van der Waals surface area contributed by atoms with Gasteiger partial charge in [-0.15, -0.1) is 0 Å². The number of carbonyl (C=O) groups is 1. The Labute approximate surface area is 159 Å². The summed E-state index contributed by atoms with van der Waals surface area (Å²) in [6.45, 7) is 4.10. The molecule has 0 bridgehead atoms. The molecule has 2 N–H and O–H groups in total. The average Bonchev–Trinajstić information content (AvgIpc) is 2.71. The lowest BCUT2D eigenvalue weighted by molar-refractivity contribution is -0.129. The van der Waals surface area contributed by atoms with Gasteiger partial charge in [0.05, 0.1) is 19.8 Å². The highest BCUT2D eigenvalue weighted by Crippen LogP contribution is 2.28. The molecule has 0 saturated carbocycles. The third kappa shape index (κ3) is 5.21. The molecule has 1 fully saturated rings. The summed E-state index contributed by atoms with van der Waals surface area (Å²) in [5, 5.41) is 6.14. The van der Waals surface area contributed by atoms with E-state index in [-0.39, 0.29) is 18.1 Å². The molecule has 0 aromatic heterocycles. The number of morpholine rings is 1. The summed E-state index contributed by atoms with van der Waals surface area (Å²) in [6, 6.07) is 15.3. The predicted octanol–water partition coefficient (Wildman–Crippen LogP) is 2.27. The lowest BCUT2D eigenvalue weighted by Gasteiger charge is -2.29. The molecule has 6 heteroatoms. The molecular weight excluding hydrogens is 344 g/mol. The highest BCUT2D eigenvalue weighted by atomic mass is 16.5. The molecular formula is C21H26N2O4. The van der Waals surface area contributed by atoms with E-state index in [1.54, 1.807) is 7.11 Å². The number of carbonyl (C=O) groups excluding carboxylic acids is 1. The van der Waals surface area contributed by atoms with Crippen molar-refractivity contribution in [1.29, 1.82) is 0 Å². The largest absolute Gasteiger partial charge is 0.493 e. The van der Waals surface area contributed by atoms with Crippen molar-refractivity contribution in [1.82, 2.24) is 10.6 Å². The van der Waals surface area contributed by atoms with Crippen LogP contribution in [-0.2, 0) is 22.7 Å². The lowest BCUT2D eigenvalue weighted by Crippen LogP contribution is -2.55. The lowest BCUT2D eigenvalue weighted by atomic mass is 10.1. The Hall–Kier alpha value is -2.57. The van der Waals surface area contributed by atoms with Gasteiger partial charge in [0.15, 0.2) is 11.5 Å². The molecule has 0 spiro atoms. The minimum atomic E-state index is -0.325. The Kier molecular flexibility index (Phi) is 6.68. The first-order valence-electron chi connectivity index (χ1n) is 9.13. The van der Waals surface area contributed by atoms with E-state index in [4.69, 9.17) is 14.2 Å². The van der Waals surface area contributed by atoms with E-state index in [1.807, 2.05) is 55.5 Å². The van der Waals surface area contributed by atoms with Crippen LogP contribution >= 0.6 is 0 Å². The van der Waals surface area contributed by atoms with E-state index in [2.05, 4.69) is 10.6 Å². The van der Waals surface area contributed by atoms with Gasteiger partial charge in [-0.05, 0) is 30.2 Å². The molecule has 1 amide bonds. The van der Waals surface area contributed by atoms with Crippen LogP contribution in [0.1, 0.15) is 18.1 Å². The van der Waals surface area contributed by atoms with Crippen LogP contribution in [-0.4, -0.2) is 38.3 Å². The fraction of sp³-hybridized carbons (Fsp3) is 0.381. The van der Waals surface area contributed by atoms with Gasteiger partial charge in [0.25, 0.3) is 0 Å². The molecule has 1 aliphatic rings. The van der Waals surface area contributed by atoms with Crippen molar-refractivity contribution in [3.05, 3.63) is 59.7 Å². The Morgan fingerprint density at radius 1 is 1.19 bits per heavy atom. The van der Waals surface area contributed by atoms with E-state index in [0.717, 1.165) is 11.1 Å². The van der Waals surface area contributed by atoms with Crippen LogP contribution in [0.25, 0.3) is 0 Å². The topological polar surface area (TPSA) is 68.8 Å². The van der Waals surface area contributed by atoms with Gasteiger partial charge >= 0.3 is 0 Å². The molecule has 144 valence electrons. The third-order valence-electron chi connectivity index (χ3n) is 4.53. The van der Waals surface area contributed by atoms with Crippen molar-refractivity contribution in [2.24, 2.45) is 0 Å². The molecule has 27 heavy (non-hydrogen) atoms. The molecule has 1 saturated heterocycles. The molecule has 2 aromatic rings. The van der Waals surface area contributed by atoms with E-state index >= 15 is 0 Å². The van der Waals surface area contributed by atoms with Crippen molar-refractivity contribution < 1.29 is 19.0 Å². The van der Waals surface area contributed by atoms with Crippen LogP contribution in [0, 0.1) is 0 Å². The second kappa shape index (κ2) is 9.39. The minimum Gasteiger partial charge on any atom is -0.493 e. The van der Waals surface area contributed by atoms with E-state index in [9.17, 15) is 4.79 Å². The Morgan fingerprint density at radius 2 is 2.00 bits per heavy atom. The first kappa shape index (κ1) is 19.2. The zero-order valence-electron chi connectivity index (χ0n) is 15.7. The molecule has 3 rings (SSSR count). The summed E-state index contributed by atoms with van der Waals surface area (Å²) in [4.78, 5) is 12.4. The second-order valence-electron chi connectivity index (χ2n) is 6.48. The van der Waals surface area contributed by atoms with Crippen molar-refractivity contribution in [3.63, 3.8) is 0 Å². The Bertz CT molecular complexity index is 751. The van der Waals surface area contributed by atoms with Crippen LogP contribution in [0.5, 0.6) is 11.5 Å². The number of rotatable bonds is 7. The number of ether oxygens (including phenoxy) is 3. The van der Waals surface area contributed by atoms with Crippen LogP contribution in [0.3, 0.4) is 0 Å². The highest BCUT2D eigenvalue weighted by molar-refractivity contribution is 5.82. The van der Waals surface area contributed by atoms with Crippen LogP contribution in [0.4, 0.5) is 0 Å². The first-order chi connectivity index (χ1) is 13.2. The Balaban J connectivity index is 1.57. The van der Waals surface area contributed by atoms with Crippen molar-refractivity contribution in [2.45, 2.75) is 32.2 Å². The van der Waals surface area contributed by atoms with Crippen molar-refractivity contribution in [2.75, 3.05) is 20.3 Å². The number of hydrogen-bond acceptors (Lipinski definition) is 5. The predicted molar refractivity (Wildman–Crippen MR) is 103 cm³/mol. The molecule has 0 unspecified atom stereocenters. The van der Waals surface area contributed by atoms with Crippen LogP contribution in [0.2, 0.25) is 0 Å². The number of nitrogens with one attached hydrogen (secondary N) is 2. The van der Waals surface area contributed by atoms with Gasteiger partial charge in [-0.2, -0.15) is 0 Å². The Morgan fingerprint density at radius 3 is 2.74 bits per heavy atom. The molecule has 1 heterocycles. The van der Waals surface area contributed by atoms with Gasteiger partial charge in [-0.3, -0.25) is 4.79 Å². The molecule has 0 radical (unpaired) electrons. The SMILES string of the molecule is COc1cc(CNC(=O)[C@H]2NCCO[C@@H]2C)ccc1OCc1ccccc1. The number of methoxy groups -OCH3 is 1. The van der Waals surface area contributed by atoms with Gasteiger partial charge in [0.1, 0.15) is 12.6 Å². The third-order valence-corrected chi connectivity index (χ3v) is 4.53. The van der Waals surface area contributed by atoms with Crippen LogP contribution < -0.4 is 20.1 Å². The van der Waals surface area contributed by atoms with Gasteiger partial charge in [-0.25, -0.2) is 0 Å². The van der Waals surface area contributed by atoms with Gasteiger partial charge in [0.2, 0.25) is 5.91 Å². The monoisotopic (exact) mass is 370 g/mol. The number of benzene rings is 2. The standard InChI is InChI=1S/C21H26N2O4/c1-15-20(22-10-11-26-15)21(24)23-13-17-8-9-18(19(12-17)25-2)27-14-16-6-4-3-5-7-16/h3-9,12,15,20,22H,10-11,13-14H2,1-2H3,(H,23,24)/t15-,20+/m1/s1. The fourth-order valence-corrected chi connectivity index (χ4v) is 3.00. The number of amides is 1. The zero-order chi connectivity index (χ0) is 19.1.